The molecule has 0 saturated heterocycles. The van der Waals surface area contributed by atoms with Crippen molar-refractivity contribution in [1.29, 1.82) is 0 Å². The highest BCUT2D eigenvalue weighted by molar-refractivity contribution is 7.89. The normalized spacial score (nSPS) is 15.5. The lowest BCUT2D eigenvalue weighted by Crippen LogP contribution is -2.34. The second kappa shape index (κ2) is 7.27. The van der Waals surface area contributed by atoms with E-state index in [9.17, 15) is 8.42 Å². The predicted octanol–water partition coefficient (Wildman–Crippen LogP) is 1.58. The summed E-state index contributed by atoms with van der Waals surface area (Å²) >= 11 is 0. The molecule has 0 aliphatic carbocycles. The SMILES string of the molecule is CCCCN1CCn2nc(CNS(=O)(=O)c3c(C)noc3C)cc2C1. The van der Waals surface area contributed by atoms with Crippen LogP contribution in [0.3, 0.4) is 0 Å². The summed E-state index contributed by atoms with van der Waals surface area (Å²) in [6.07, 6.45) is 2.38. The third kappa shape index (κ3) is 3.94. The quantitative estimate of drug-likeness (QED) is 0.799. The predicted molar refractivity (Wildman–Crippen MR) is 92.4 cm³/mol. The van der Waals surface area contributed by atoms with Gasteiger partial charge in [-0.05, 0) is 32.9 Å². The highest BCUT2D eigenvalue weighted by Gasteiger charge is 2.25. The van der Waals surface area contributed by atoms with Gasteiger partial charge < -0.3 is 4.52 Å². The maximum atomic E-state index is 12.5. The lowest BCUT2D eigenvalue weighted by atomic mass is 10.2. The standard InChI is InChI=1S/C16H25N5O3S/c1-4-5-6-20-7-8-21-15(11-20)9-14(18-21)10-17-25(22,23)16-12(2)19-24-13(16)3/h9,17H,4-8,10-11H2,1-3H3. The first-order chi connectivity index (χ1) is 11.9. The third-order valence-electron chi connectivity index (χ3n) is 4.44. The largest absolute Gasteiger partial charge is 0.360 e. The van der Waals surface area contributed by atoms with Crippen molar-refractivity contribution in [2.24, 2.45) is 0 Å². The minimum atomic E-state index is -3.67. The van der Waals surface area contributed by atoms with Crippen LogP contribution in [0.15, 0.2) is 15.5 Å². The number of aromatic nitrogens is 3. The van der Waals surface area contributed by atoms with Crippen molar-refractivity contribution in [2.45, 2.75) is 58.1 Å². The van der Waals surface area contributed by atoms with Crippen LogP contribution in [0.5, 0.6) is 0 Å². The van der Waals surface area contributed by atoms with Crippen LogP contribution in [-0.2, 0) is 29.7 Å². The lowest BCUT2D eigenvalue weighted by molar-refractivity contribution is 0.210. The van der Waals surface area contributed by atoms with Gasteiger partial charge in [-0.1, -0.05) is 18.5 Å². The minimum Gasteiger partial charge on any atom is -0.360 e. The van der Waals surface area contributed by atoms with Gasteiger partial charge >= 0.3 is 0 Å². The summed E-state index contributed by atoms with van der Waals surface area (Å²) in [6.45, 7) is 9.34. The molecule has 0 aromatic carbocycles. The van der Waals surface area contributed by atoms with E-state index in [0.717, 1.165) is 37.6 Å². The molecule has 25 heavy (non-hydrogen) atoms. The topological polar surface area (TPSA) is 93.3 Å². The van der Waals surface area contributed by atoms with Gasteiger partial charge in [0.05, 0.1) is 24.5 Å². The fourth-order valence-electron chi connectivity index (χ4n) is 3.14. The molecule has 0 spiro atoms. The Bertz CT molecular complexity index is 821. The van der Waals surface area contributed by atoms with Crippen LogP contribution in [0.1, 0.15) is 42.6 Å². The lowest BCUT2D eigenvalue weighted by Gasteiger charge is -2.27. The maximum Gasteiger partial charge on any atom is 0.246 e. The van der Waals surface area contributed by atoms with Crippen LogP contribution in [0.4, 0.5) is 0 Å². The molecule has 2 aromatic rings. The van der Waals surface area contributed by atoms with Crippen molar-refractivity contribution in [2.75, 3.05) is 13.1 Å². The molecule has 138 valence electrons. The number of fused-ring (bicyclic) bond motifs is 1. The fourth-order valence-corrected chi connectivity index (χ4v) is 4.46. The Hall–Kier alpha value is -1.71. The number of nitrogens with one attached hydrogen (secondary N) is 1. The van der Waals surface area contributed by atoms with E-state index >= 15 is 0 Å². The average Bonchev–Trinajstić information content (AvgIpc) is 3.13. The number of aryl methyl sites for hydroxylation is 2. The molecule has 0 unspecified atom stereocenters. The highest BCUT2D eigenvalue weighted by atomic mass is 32.2. The smallest absolute Gasteiger partial charge is 0.246 e. The van der Waals surface area contributed by atoms with Gasteiger partial charge in [0.25, 0.3) is 0 Å². The summed E-state index contributed by atoms with van der Waals surface area (Å²) in [5.74, 6) is 0.292. The van der Waals surface area contributed by atoms with E-state index in [1.54, 1.807) is 13.8 Å². The van der Waals surface area contributed by atoms with Crippen molar-refractivity contribution in [3.05, 3.63) is 28.9 Å². The van der Waals surface area contributed by atoms with Crippen molar-refractivity contribution in [3.63, 3.8) is 0 Å². The average molecular weight is 367 g/mol. The molecule has 0 radical (unpaired) electrons. The first kappa shape index (κ1) is 18.1. The van der Waals surface area contributed by atoms with Crippen LogP contribution in [0.2, 0.25) is 0 Å². The zero-order chi connectivity index (χ0) is 18.0. The molecule has 0 saturated carbocycles. The Morgan fingerprint density at radius 1 is 1.32 bits per heavy atom. The molecule has 1 aliphatic heterocycles. The summed E-state index contributed by atoms with van der Waals surface area (Å²) in [4.78, 5) is 2.53. The zero-order valence-corrected chi connectivity index (χ0v) is 15.8. The maximum absolute atomic E-state index is 12.5. The van der Waals surface area contributed by atoms with E-state index < -0.39 is 10.0 Å². The number of sulfonamides is 1. The molecule has 1 aliphatic rings. The van der Waals surface area contributed by atoms with Crippen molar-refractivity contribution in [3.8, 4) is 0 Å². The summed E-state index contributed by atoms with van der Waals surface area (Å²) in [5, 5.41) is 8.22. The first-order valence-corrected chi connectivity index (χ1v) is 10.1. The van der Waals surface area contributed by atoms with Gasteiger partial charge in [-0.3, -0.25) is 9.58 Å². The van der Waals surface area contributed by atoms with Gasteiger partial charge in [0.15, 0.2) is 5.76 Å². The van der Waals surface area contributed by atoms with E-state index in [1.165, 1.54) is 12.8 Å². The van der Waals surface area contributed by atoms with Gasteiger partial charge in [-0.25, -0.2) is 13.1 Å². The van der Waals surface area contributed by atoms with E-state index in [0.29, 0.717) is 11.5 Å². The fraction of sp³-hybridized carbons (Fsp3) is 0.625. The number of hydrogen-bond donors (Lipinski definition) is 1. The molecule has 0 fully saturated rings. The van der Waals surface area contributed by atoms with Crippen LogP contribution < -0.4 is 4.72 Å². The summed E-state index contributed by atoms with van der Waals surface area (Å²) in [5.41, 5.74) is 2.22. The van der Waals surface area contributed by atoms with Gasteiger partial charge in [-0.15, -0.1) is 0 Å². The van der Waals surface area contributed by atoms with Crippen molar-refractivity contribution in [1.82, 2.24) is 24.6 Å². The molecule has 3 heterocycles. The number of nitrogens with zero attached hydrogens (tertiary/aromatic N) is 4. The van der Waals surface area contributed by atoms with Crippen molar-refractivity contribution < 1.29 is 12.9 Å². The molecular formula is C16H25N5O3S. The monoisotopic (exact) mass is 367 g/mol. The minimum absolute atomic E-state index is 0.113. The van der Waals surface area contributed by atoms with Crippen molar-refractivity contribution >= 4 is 10.0 Å². The summed E-state index contributed by atoms with van der Waals surface area (Å²) in [6, 6.07) is 1.98. The van der Waals surface area contributed by atoms with Gasteiger partial charge in [0.1, 0.15) is 10.6 Å². The Morgan fingerprint density at radius 2 is 2.12 bits per heavy atom. The Kier molecular flexibility index (Phi) is 5.26. The number of unbranched alkanes of at least 4 members (excludes halogenated alkanes) is 1. The Balaban J connectivity index is 1.66. The first-order valence-electron chi connectivity index (χ1n) is 8.61. The van der Waals surface area contributed by atoms with Crippen LogP contribution >= 0.6 is 0 Å². The number of rotatable bonds is 7. The summed E-state index contributed by atoms with van der Waals surface area (Å²) < 4.78 is 34.5. The van der Waals surface area contributed by atoms with E-state index in [4.69, 9.17) is 4.52 Å². The van der Waals surface area contributed by atoms with Crippen LogP contribution in [0, 0.1) is 13.8 Å². The third-order valence-corrected chi connectivity index (χ3v) is 6.08. The second-order valence-corrected chi connectivity index (χ2v) is 8.16. The second-order valence-electron chi connectivity index (χ2n) is 6.46. The van der Waals surface area contributed by atoms with Gasteiger partial charge in [0.2, 0.25) is 10.0 Å². The number of hydrogen-bond acceptors (Lipinski definition) is 6. The molecule has 0 atom stereocenters. The van der Waals surface area contributed by atoms with Crippen LogP contribution in [-0.4, -0.2) is 41.3 Å². The molecule has 1 N–H and O–H groups in total. The molecule has 8 nitrogen and oxygen atoms in total. The Morgan fingerprint density at radius 3 is 2.80 bits per heavy atom. The molecule has 3 rings (SSSR count). The molecular weight excluding hydrogens is 342 g/mol. The molecule has 0 bridgehead atoms. The molecule has 2 aromatic heterocycles. The van der Waals surface area contributed by atoms with E-state index in [2.05, 4.69) is 26.8 Å². The van der Waals surface area contributed by atoms with Crippen LogP contribution in [0.25, 0.3) is 0 Å². The van der Waals surface area contributed by atoms with Gasteiger partial charge in [0, 0.05) is 13.1 Å². The van der Waals surface area contributed by atoms with E-state index in [1.807, 2.05) is 10.7 Å². The van der Waals surface area contributed by atoms with E-state index in [-0.39, 0.29) is 11.4 Å². The molecule has 9 heteroatoms. The zero-order valence-electron chi connectivity index (χ0n) is 14.9. The summed E-state index contributed by atoms with van der Waals surface area (Å²) in [7, 11) is -3.67. The highest BCUT2D eigenvalue weighted by Crippen LogP contribution is 2.19. The Labute approximate surface area is 148 Å². The van der Waals surface area contributed by atoms with Gasteiger partial charge in [-0.2, -0.15) is 5.10 Å². The molecule has 0 amide bonds.